The van der Waals surface area contributed by atoms with E-state index in [0.717, 1.165) is 10.7 Å². The molecule has 0 aliphatic heterocycles. The van der Waals surface area contributed by atoms with Crippen LogP contribution in [0.15, 0.2) is 6.07 Å². The van der Waals surface area contributed by atoms with Crippen LogP contribution < -0.4 is 0 Å². The highest BCUT2D eigenvalue weighted by atomic mass is 16.5. The molecule has 0 aliphatic rings. The van der Waals surface area contributed by atoms with E-state index in [1.165, 1.54) is 0 Å². The van der Waals surface area contributed by atoms with E-state index in [1.807, 2.05) is 0 Å². The van der Waals surface area contributed by atoms with Crippen molar-refractivity contribution in [1.82, 2.24) is 9.78 Å². The molecule has 1 rings (SSSR count). The van der Waals surface area contributed by atoms with Crippen LogP contribution in [0.3, 0.4) is 0 Å². The average Bonchev–Trinajstić information content (AvgIpc) is 2.61. The number of carboxylic acid groups (broad SMARTS) is 2. The van der Waals surface area contributed by atoms with Crippen molar-refractivity contribution in [3.05, 3.63) is 17.5 Å². The fourth-order valence-electron chi connectivity index (χ4n) is 1.14. The van der Waals surface area contributed by atoms with Crippen LogP contribution in [0.5, 0.6) is 0 Å². The van der Waals surface area contributed by atoms with Crippen molar-refractivity contribution in [3.63, 3.8) is 0 Å². The summed E-state index contributed by atoms with van der Waals surface area (Å²) in [6, 6.07) is 0.975. The number of carbonyl (C=O) groups is 3. The van der Waals surface area contributed by atoms with Crippen molar-refractivity contribution in [2.24, 2.45) is 0 Å². The third-order valence-electron chi connectivity index (χ3n) is 1.77. The van der Waals surface area contributed by atoms with Crippen LogP contribution in [0.4, 0.5) is 0 Å². The van der Waals surface area contributed by atoms with Crippen molar-refractivity contribution in [2.45, 2.75) is 13.5 Å². The van der Waals surface area contributed by atoms with E-state index < -0.39 is 24.5 Å². The molecule has 0 spiro atoms. The second-order valence-electron chi connectivity index (χ2n) is 2.99. The minimum atomic E-state index is -1.37. The maximum Gasteiger partial charge on any atom is 0.358 e. The van der Waals surface area contributed by atoms with Gasteiger partial charge in [-0.1, -0.05) is 0 Å². The number of aromatic nitrogens is 2. The van der Waals surface area contributed by atoms with E-state index in [-0.39, 0.29) is 18.0 Å². The van der Waals surface area contributed by atoms with Crippen molar-refractivity contribution < 1.29 is 29.3 Å². The zero-order chi connectivity index (χ0) is 13.0. The molecule has 92 valence electrons. The summed E-state index contributed by atoms with van der Waals surface area (Å²) in [5.41, 5.74) is -0.610. The van der Waals surface area contributed by atoms with Crippen molar-refractivity contribution >= 4 is 17.9 Å². The number of aromatic carboxylic acids is 1. The van der Waals surface area contributed by atoms with Gasteiger partial charge in [0.2, 0.25) is 0 Å². The maximum atomic E-state index is 11.3. The number of carbonyl (C=O) groups excluding carboxylic acids is 1. The molecule has 1 aromatic rings. The molecule has 0 saturated heterocycles. The van der Waals surface area contributed by atoms with Crippen LogP contribution in [-0.4, -0.2) is 44.5 Å². The zero-order valence-corrected chi connectivity index (χ0v) is 8.91. The van der Waals surface area contributed by atoms with E-state index in [1.54, 1.807) is 6.92 Å². The predicted molar refractivity (Wildman–Crippen MR) is 52.8 cm³/mol. The summed E-state index contributed by atoms with van der Waals surface area (Å²) in [6.45, 7) is 1.07. The first-order valence-electron chi connectivity index (χ1n) is 4.65. The highest BCUT2D eigenvalue weighted by molar-refractivity contribution is 5.92. The number of hydrogen-bond acceptors (Lipinski definition) is 5. The summed E-state index contributed by atoms with van der Waals surface area (Å²) in [7, 11) is 0. The first-order chi connectivity index (χ1) is 7.95. The lowest BCUT2D eigenvalue weighted by atomic mass is 10.3. The fourth-order valence-corrected chi connectivity index (χ4v) is 1.14. The summed E-state index contributed by atoms with van der Waals surface area (Å²) < 4.78 is 5.35. The smallest absolute Gasteiger partial charge is 0.358 e. The SMILES string of the molecule is CCOC(=O)c1cc(C(=O)O)n(CC(=O)O)n1. The van der Waals surface area contributed by atoms with Crippen LogP contribution in [0.25, 0.3) is 0 Å². The van der Waals surface area contributed by atoms with Gasteiger partial charge >= 0.3 is 17.9 Å². The number of ether oxygens (including phenoxy) is 1. The molecule has 0 fully saturated rings. The maximum absolute atomic E-state index is 11.3. The molecule has 0 unspecified atom stereocenters. The number of esters is 1. The number of aliphatic carboxylic acids is 1. The van der Waals surface area contributed by atoms with Gasteiger partial charge in [-0.3, -0.25) is 4.79 Å². The summed E-state index contributed by atoms with van der Waals surface area (Å²) in [4.78, 5) is 32.5. The molecule has 0 radical (unpaired) electrons. The Hall–Kier alpha value is -2.38. The van der Waals surface area contributed by atoms with Crippen LogP contribution >= 0.6 is 0 Å². The lowest BCUT2D eigenvalue weighted by molar-refractivity contribution is -0.137. The quantitative estimate of drug-likeness (QED) is 0.688. The van der Waals surface area contributed by atoms with Crippen molar-refractivity contribution in [3.8, 4) is 0 Å². The van der Waals surface area contributed by atoms with Gasteiger partial charge < -0.3 is 14.9 Å². The molecule has 0 bridgehead atoms. The van der Waals surface area contributed by atoms with Gasteiger partial charge in [-0.2, -0.15) is 5.10 Å². The Morgan fingerprint density at radius 3 is 2.53 bits per heavy atom. The van der Waals surface area contributed by atoms with Crippen LogP contribution in [0.1, 0.15) is 27.9 Å². The summed E-state index contributed by atoms with van der Waals surface area (Å²) in [5.74, 6) is -3.42. The topological polar surface area (TPSA) is 119 Å². The second kappa shape index (κ2) is 5.10. The van der Waals surface area contributed by atoms with Crippen LogP contribution in [-0.2, 0) is 16.1 Å². The Kier molecular flexibility index (Phi) is 3.81. The van der Waals surface area contributed by atoms with Gasteiger partial charge in [0.1, 0.15) is 12.2 Å². The number of rotatable bonds is 5. The molecule has 1 heterocycles. The van der Waals surface area contributed by atoms with Gasteiger partial charge in [0.15, 0.2) is 5.69 Å². The number of hydrogen-bond donors (Lipinski definition) is 2. The van der Waals surface area contributed by atoms with Crippen molar-refractivity contribution in [1.29, 1.82) is 0 Å². The average molecular weight is 242 g/mol. The highest BCUT2D eigenvalue weighted by Crippen LogP contribution is 2.06. The van der Waals surface area contributed by atoms with Gasteiger partial charge in [-0.25, -0.2) is 14.3 Å². The molecule has 0 amide bonds. The molecule has 8 heteroatoms. The zero-order valence-electron chi connectivity index (χ0n) is 8.91. The molecular weight excluding hydrogens is 232 g/mol. The predicted octanol–water partition coefficient (Wildman–Crippen LogP) is -0.157. The lowest BCUT2D eigenvalue weighted by Crippen LogP contribution is -2.16. The summed E-state index contributed by atoms with van der Waals surface area (Å²) in [5, 5.41) is 20.9. The molecule has 0 aromatic carbocycles. The Morgan fingerprint density at radius 2 is 2.06 bits per heavy atom. The molecular formula is C9H10N2O6. The monoisotopic (exact) mass is 242 g/mol. The first-order valence-corrected chi connectivity index (χ1v) is 4.65. The largest absolute Gasteiger partial charge is 0.480 e. The normalized spacial score (nSPS) is 9.94. The molecule has 0 atom stereocenters. The molecule has 8 nitrogen and oxygen atoms in total. The first kappa shape index (κ1) is 12.7. The van der Waals surface area contributed by atoms with Crippen LogP contribution in [0, 0.1) is 0 Å². The molecule has 17 heavy (non-hydrogen) atoms. The van der Waals surface area contributed by atoms with E-state index in [9.17, 15) is 14.4 Å². The van der Waals surface area contributed by atoms with Gasteiger partial charge in [0.05, 0.1) is 6.61 Å². The highest BCUT2D eigenvalue weighted by Gasteiger charge is 2.20. The van der Waals surface area contributed by atoms with Gasteiger partial charge in [0.25, 0.3) is 0 Å². The van der Waals surface area contributed by atoms with Gasteiger partial charge in [0, 0.05) is 6.07 Å². The van der Waals surface area contributed by atoms with Crippen LogP contribution in [0.2, 0.25) is 0 Å². The minimum Gasteiger partial charge on any atom is -0.480 e. The lowest BCUT2D eigenvalue weighted by Gasteiger charge is -1.99. The van der Waals surface area contributed by atoms with E-state index >= 15 is 0 Å². The molecule has 1 aromatic heterocycles. The molecule has 2 N–H and O–H groups in total. The Labute approximate surface area is 95.4 Å². The Balaban J connectivity index is 3.07. The van der Waals surface area contributed by atoms with E-state index in [2.05, 4.69) is 9.84 Å². The molecule has 0 aliphatic carbocycles. The van der Waals surface area contributed by atoms with Gasteiger partial charge in [-0.05, 0) is 6.92 Å². The van der Waals surface area contributed by atoms with Gasteiger partial charge in [-0.15, -0.1) is 0 Å². The third kappa shape index (κ3) is 3.03. The minimum absolute atomic E-state index is 0.118. The summed E-state index contributed by atoms with van der Waals surface area (Å²) in [6.07, 6.45) is 0. The van der Waals surface area contributed by atoms with E-state index in [4.69, 9.17) is 10.2 Å². The Morgan fingerprint density at radius 1 is 1.41 bits per heavy atom. The third-order valence-corrected chi connectivity index (χ3v) is 1.77. The number of nitrogens with zero attached hydrogens (tertiary/aromatic N) is 2. The molecule has 0 saturated carbocycles. The standard InChI is InChI=1S/C9H10N2O6/c1-2-17-9(16)5-3-6(8(14)15)11(10-5)4-7(12)13/h3H,2,4H2,1H3,(H,12,13)(H,14,15). The Bertz CT molecular complexity index is 464. The van der Waals surface area contributed by atoms with Crippen molar-refractivity contribution in [2.75, 3.05) is 6.61 Å². The number of carboxylic acids is 2. The van der Waals surface area contributed by atoms with E-state index in [0.29, 0.717) is 0 Å². The second-order valence-corrected chi connectivity index (χ2v) is 2.99. The fraction of sp³-hybridized carbons (Fsp3) is 0.333. The summed E-state index contributed by atoms with van der Waals surface area (Å²) >= 11 is 0.